The molecule has 3 heteroatoms. The second-order valence-electron chi connectivity index (χ2n) is 5.60. The van der Waals surface area contributed by atoms with Crippen molar-refractivity contribution in [2.45, 2.75) is 13.5 Å². The molecule has 0 radical (unpaired) electrons. The van der Waals surface area contributed by atoms with Crippen molar-refractivity contribution < 1.29 is 9.53 Å². The summed E-state index contributed by atoms with van der Waals surface area (Å²) >= 11 is 6.01. The molecule has 0 bridgehead atoms. The third-order valence-electron chi connectivity index (χ3n) is 3.87. The Balaban J connectivity index is 1.86. The molecule has 0 aliphatic rings. The van der Waals surface area contributed by atoms with Gasteiger partial charge in [-0.3, -0.25) is 4.79 Å². The van der Waals surface area contributed by atoms with Gasteiger partial charge in [0.1, 0.15) is 12.4 Å². The van der Waals surface area contributed by atoms with Crippen LogP contribution in [0, 0.1) is 6.92 Å². The van der Waals surface area contributed by atoms with E-state index in [2.05, 4.69) is 0 Å². The highest BCUT2D eigenvalue weighted by Crippen LogP contribution is 2.30. The van der Waals surface area contributed by atoms with Crippen LogP contribution in [0.3, 0.4) is 0 Å². The zero-order chi connectivity index (χ0) is 16.9. The van der Waals surface area contributed by atoms with Gasteiger partial charge >= 0.3 is 0 Å². The summed E-state index contributed by atoms with van der Waals surface area (Å²) in [5.74, 6) is 0.587. The lowest BCUT2D eigenvalue weighted by Gasteiger charge is -2.12. The number of ether oxygens (including phenoxy) is 1. The van der Waals surface area contributed by atoms with E-state index in [0.29, 0.717) is 22.9 Å². The van der Waals surface area contributed by atoms with Gasteiger partial charge in [0.25, 0.3) is 0 Å². The van der Waals surface area contributed by atoms with Crippen LogP contribution < -0.4 is 4.74 Å². The molecule has 24 heavy (non-hydrogen) atoms. The summed E-state index contributed by atoms with van der Waals surface area (Å²) < 4.78 is 5.80. The molecule has 0 unspecified atom stereocenters. The number of carbonyl (C=O) groups excluding carboxylic acids is 1. The van der Waals surface area contributed by atoms with Crippen molar-refractivity contribution in [3.05, 3.63) is 88.4 Å². The summed E-state index contributed by atoms with van der Waals surface area (Å²) in [5.41, 5.74) is 4.69. The largest absolute Gasteiger partial charge is 0.488 e. The van der Waals surface area contributed by atoms with Crippen molar-refractivity contribution in [3.63, 3.8) is 0 Å². The van der Waals surface area contributed by atoms with E-state index >= 15 is 0 Å². The lowest BCUT2D eigenvalue weighted by atomic mass is 9.99. The summed E-state index contributed by atoms with van der Waals surface area (Å²) in [4.78, 5) is 11.5. The van der Waals surface area contributed by atoms with Crippen LogP contribution in [0.15, 0.2) is 66.7 Å². The minimum Gasteiger partial charge on any atom is -0.488 e. The monoisotopic (exact) mass is 336 g/mol. The molecule has 0 saturated carbocycles. The van der Waals surface area contributed by atoms with E-state index in [1.807, 2.05) is 73.7 Å². The minimum atomic E-state index is 0.432. The average Bonchev–Trinajstić information content (AvgIpc) is 2.61. The number of aryl methyl sites for hydroxylation is 1. The fourth-order valence-electron chi connectivity index (χ4n) is 2.63. The SMILES string of the molecule is Cc1cc(Cl)ccc1-c1ccc(OCc2ccccc2)c(C=O)c1. The van der Waals surface area contributed by atoms with Gasteiger partial charge in [-0.15, -0.1) is 0 Å². The molecule has 3 aromatic rings. The molecule has 0 aliphatic heterocycles. The van der Waals surface area contributed by atoms with Crippen LogP contribution in [-0.4, -0.2) is 6.29 Å². The first-order chi connectivity index (χ1) is 11.7. The number of rotatable bonds is 5. The van der Waals surface area contributed by atoms with Crippen molar-refractivity contribution in [1.29, 1.82) is 0 Å². The molecule has 2 nitrogen and oxygen atoms in total. The van der Waals surface area contributed by atoms with E-state index in [9.17, 15) is 4.79 Å². The first-order valence-electron chi connectivity index (χ1n) is 7.70. The van der Waals surface area contributed by atoms with Crippen LogP contribution in [0.4, 0.5) is 0 Å². The van der Waals surface area contributed by atoms with E-state index in [1.54, 1.807) is 0 Å². The van der Waals surface area contributed by atoms with Crippen molar-refractivity contribution in [1.82, 2.24) is 0 Å². The topological polar surface area (TPSA) is 26.3 Å². The highest BCUT2D eigenvalue weighted by molar-refractivity contribution is 6.30. The summed E-state index contributed by atoms with van der Waals surface area (Å²) in [5, 5.41) is 0.703. The predicted molar refractivity (Wildman–Crippen MR) is 97.8 cm³/mol. The Morgan fingerprint density at radius 2 is 1.79 bits per heavy atom. The first-order valence-corrected chi connectivity index (χ1v) is 8.07. The Bertz CT molecular complexity index is 857. The fourth-order valence-corrected chi connectivity index (χ4v) is 2.85. The number of hydrogen-bond acceptors (Lipinski definition) is 2. The molecule has 0 aromatic heterocycles. The molecule has 0 atom stereocenters. The molecule has 0 spiro atoms. The Kier molecular flexibility index (Phi) is 4.97. The van der Waals surface area contributed by atoms with Crippen LogP contribution in [0.2, 0.25) is 5.02 Å². The van der Waals surface area contributed by atoms with Gasteiger partial charge in [0, 0.05) is 5.02 Å². The second kappa shape index (κ2) is 7.33. The number of benzene rings is 3. The van der Waals surface area contributed by atoms with Crippen molar-refractivity contribution in [2.75, 3.05) is 0 Å². The van der Waals surface area contributed by atoms with Gasteiger partial charge in [0.2, 0.25) is 0 Å². The summed E-state index contributed by atoms with van der Waals surface area (Å²) in [6.45, 7) is 2.43. The maximum Gasteiger partial charge on any atom is 0.153 e. The van der Waals surface area contributed by atoms with E-state index in [0.717, 1.165) is 28.5 Å². The van der Waals surface area contributed by atoms with Crippen LogP contribution in [0.25, 0.3) is 11.1 Å². The minimum absolute atomic E-state index is 0.432. The van der Waals surface area contributed by atoms with E-state index in [-0.39, 0.29) is 0 Å². The first kappa shape index (κ1) is 16.3. The van der Waals surface area contributed by atoms with Crippen LogP contribution >= 0.6 is 11.6 Å². The Hall–Kier alpha value is -2.58. The summed E-state index contributed by atoms with van der Waals surface area (Å²) in [6.07, 6.45) is 0.828. The van der Waals surface area contributed by atoms with Crippen LogP contribution in [-0.2, 0) is 6.61 Å². The van der Waals surface area contributed by atoms with Gasteiger partial charge in [0.05, 0.1) is 5.56 Å². The van der Waals surface area contributed by atoms with E-state index in [1.165, 1.54) is 0 Å². The van der Waals surface area contributed by atoms with Gasteiger partial charge in [-0.1, -0.05) is 54.1 Å². The predicted octanol–water partition coefficient (Wildman–Crippen LogP) is 5.71. The maximum absolute atomic E-state index is 11.5. The molecule has 0 saturated heterocycles. The fraction of sp³-hybridized carbons (Fsp3) is 0.0952. The maximum atomic E-state index is 11.5. The second-order valence-corrected chi connectivity index (χ2v) is 6.04. The molecule has 0 N–H and O–H groups in total. The number of aldehydes is 1. The molecule has 3 rings (SSSR count). The van der Waals surface area contributed by atoms with E-state index in [4.69, 9.17) is 16.3 Å². The Morgan fingerprint density at radius 3 is 2.50 bits per heavy atom. The molecular weight excluding hydrogens is 320 g/mol. The highest BCUT2D eigenvalue weighted by Gasteiger charge is 2.08. The molecule has 0 aliphatic carbocycles. The lowest BCUT2D eigenvalue weighted by molar-refractivity contribution is 0.111. The van der Waals surface area contributed by atoms with Gasteiger partial charge in [-0.05, 0) is 53.4 Å². The van der Waals surface area contributed by atoms with Gasteiger partial charge in [0.15, 0.2) is 6.29 Å². The molecule has 0 amide bonds. The Labute approximate surface area is 146 Å². The molecule has 120 valence electrons. The van der Waals surface area contributed by atoms with Crippen LogP contribution in [0.5, 0.6) is 5.75 Å². The normalized spacial score (nSPS) is 10.4. The zero-order valence-corrected chi connectivity index (χ0v) is 14.1. The smallest absolute Gasteiger partial charge is 0.153 e. The van der Waals surface area contributed by atoms with Gasteiger partial charge in [-0.2, -0.15) is 0 Å². The molecule has 0 fully saturated rings. The van der Waals surface area contributed by atoms with Gasteiger partial charge < -0.3 is 4.74 Å². The molecule has 0 heterocycles. The Morgan fingerprint density at radius 1 is 1.00 bits per heavy atom. The third kappa shape index (κ3) is 3.66. The van der Waals surface area contributed by atoms with Crippen molar-refractivity contribution in [2.24, 2.45) is 0 Å². The van der Waals surface area contributed by atoms with Crippen molar-refractivity contribution >= 4 is 17.9 Å². The van der Waals surface area contributed by atoms with E-state index < -0.39 is 0 Å². The molecular formula is C21H17ClO2. The lowest BCUT2D eigenvalue weighted by Crippen LogP contribution is -1.98. The van der Waals surface area contributed by atoms with Crippen LogP contribution in [0.1, 0.15) is 21.5 Å². The zero-order valence-electron chi connectivity index (χ0n) is 13.3. The average molecular weight is 337 g/mol. The number of carbonyl (C=O) groups is 1. The summed E-state index contributed by atoms with van der Waals surface area (Å²) in [7, 11) is 0. The number of hydrogen-bond donors (Lipinski definition) is 0. The molecule has 3 aromatic carbocycles. The quantitative estimate of drug-likeness (QED) is 0.558. The standard InChI is InChI=1S/C21H17ClO2/c1-15-11-19(22)8-9-20(15)17-7-10-21(18(12-17)13-23)24-14-16-5-3-2-4-6-16/h2-13H,14H2,1H3. The summed E-state index contributed by atoms with van der Waals surface area (Å²) in [6, 6.07) is 21.3. The van der Waals surface area contributed by atoms with Gasteiger partial charge in [-0.25, -0.2) is 0 Å². The highest BCUT2D eigenvalue weighted by atomic mass is 35.5. The van der Waals surface area contributed by atoms with Crippen molar-refractivity contribution in [3.8, 4) is 16.9 Å². The third-order valence-corrected chi connectivity index (χ3v) is 4.11. The number of halogens is 1.